The van der Waals surface area contributed by atoms with Crippen molar-refractivity contribution in [2.75, 3.05) is 26.9 Å². The standard InChI is InChI=1S/C30H33ClN2O7S/c1-7-37-22-11-10-19(15-23(22)38-8-2)26-20(29(35)36-6)16-32-30-33(26)28(34)25(41-30)14-18-12-21(31)27(40-17(4)5)24(13-18)39-9-3/h10-17,26H,7-9H2,1-6H3/b25-14+/t26-/m0/s1. The van der Waals surface area contributed by atoms with E-state index in [2.05, 4.69) is 4.99 Å². The fourth-order valence-electron chi connectivity index (χ4n) is 4.42. The summed E-state index contributed by atoms with van der Waals surface area (Å²) in [4.78, 5) is 31.6. The zero-order valence-electron chi connectivity index (χ0n) is 23.9. The fourth-order valence-corrected chi connectivity index (χ4v) is 5.66. The first-order valence-electron chi connectivity index (χ1n) is 13.3. The summed E-state index contributed by atoms with van der Waals surface area (Å²) >= 11 is 7.77. The van der Waals surface area contributed by atoms with Crippen LogP contribution >= 0.6 is 22.9 Å². The Morgan fingerprint density at radius 1 is 1.05 bits per heavy atom. The van der Waals surface area contributed by atoms with Gasteiger partial charge in [-0.25, -0.2) is 9.79 Å². The van der Waals surface area contributed by atoms with E-state index in [-0.39, 0.29) is 17.2 Å². The molecule has 3 aromatic rings. The van der Waals surface area contributed by atoms with Gasteiger partial charge in [-0.3, -0.25) is 9.36 Å². The summed E-state index contributed by atoms with van der Waals surface area (Å²) < 4.78 is 30.1. The number of halogens is 1. The summed E-state index contributed by atoms with van der Waals surface area (Å²) in [6.45, 7) is 10.7. The molecule has 41 heavy (non-hydrogen) atoms. The number of carbonyl (C=O) groups is 1. The monoisotopic (exact) mass is 600 g/mol. The minimum absolute atomic E-state index is 0.101. The highest BCUT2D eigenvalue weighted by Gasteiger charge is 2.31. The highest BCUT2D eigenvalue weighted by atomic mass is 35.5. The van der Waals surface area contributed by atoms with Gasteiger partial charge in [0.15, 0.2) is 27.8 Å². The zero-order chi connectivity index (χ0) is 29.7. The van der Waals surface area contributed by atoms with Gasteiger partial charge >= 0.3 is 5.97 Å². The van der Waals surface area contributed by atoms with Crippen molar-refractivity contribution < 1.29 is 28.5 Å². The predicted octanol–water partition coefficient (Wildman–Crippen LogP) is 4.65. The molecular weight excluding hydrogens is 568 g/mol. The van der Waals surface area contributed by atoms with Gasteiger partial charge in [-0.15, -0.1) is 0 Å². The Kier molecular flexibility index (Phi) is 9.77. The average Bonchev–Trinajstić information content (AvgIpc) is 3.25. The molecule has 2 heterocycles. The number of benzene rings is 2. The van der Waals surface area contributed by atoms with E-state index in [1.165, 1.54) is 29.2 Å². The summed E-state index contributed by atoms with van der Waals surface area (Å²) in [6, 6.07) is 8.06. The Morgan fingerprint density at radius 2 is 1.73 bits per heavy atom. The van der Waals surface area contributed by atoms with E-state index < -0.39 is 12.0 Å². The van der Waals surface area contributed by atoms with Crippen molar-refractivity contribution in [3.63, 3.8) is 0 Å². The van der Waals surface area contributed by atoms with Gasteiger partial charge in [-0.2, -0.15) is 0 Å². The summed E-state index contributed by atoms with van der Waals surface area (Å²) in [5, 5.41) is 0.368. The number of thiazole rings is 1. The van der Waals surface area contributed by atoms with Crippen LogP contribution in [0.4, 0.5) is 0 Å². The van der Waals surface area contributed by atoms with E-state index in [0.29, 0.717) is 68.3 Å². The molecule has 0 bridgehead atoms. The van der Waals surface area contributed by atoms with Crippen LogP contribution < -0.4 is 33.8 Å². The van der Waals surface area contributed by atoms with Gasteiger partial charge in [0.1, 0.15) is 0 Å². The third-order valence-electron chi connectivity index (χ3n) is 5.99. The molecule has 11 heteroatoms. The first-order chi connectivity index (χ1) is 19.7. The van der Waals surface area contributed by atoms with Crippen LogP contribution in [0.1, 0.15) is 51.8 Å². The van der Waals surface area contributed by atoms with Crippen molar-refractivity contribution in [3.05, 3.63) is 77.9 Å². The molecule has 0 aliphatic carbocycles. The fraction of sp³-hybridized carbons (Fsp3) is 0.367. The lowest BCUT2D eigenvalue weighted by Gasteiger charge is -2.23. The third kappa shape index (κ3) is 6.44. The first kappa shape index (κ1) is 30.2. The minimum Gasteiger partial charge on any atom is -0.490 e. The van der Waals surface area contributed by atoms with Crippen molar-refractivity contribution in [1.29, 1.82) is 0 Å². The molecular formula is C30H33ClN2O7S. The lowest BCUT2D eigenvalue weighted by atomic mass is 9.97. The molecule has 2 aromatic carbocycles. The van der Waals surface area contributed by atoms with E-state index in [1.807, 2.05) is 34.6 Å². The molecule has 1 atom stereocenters. The van der Waals surface area contributed by atoms with Crippen molar-refractivity contribution in [2.24, 2.45) is 4.99 Å². The van der Waals surface area contributed by atoms with E-state index in [0.717, 1.165) is 0 Å². The number of methoxy groups -OCH3 is 1. The smallest absolute Gasteiger partial charge is 0.337 e. The summed E-state index contributed by atoms with van der Waals surface area (Å²) in [5.74, 6) is 1.42. The molecule has 0 unspecified atom stereocenters. The van der Waals surface area contributed by atoms with Crippen LogP contribution in [0, 0.1) is 0 Å². The van der Waals surface area contributed by atoms with Crippen LogP contribution in [-0.4, -0.2) is 43.6 Å². The maximum absolute atomic E-state index is 13.9. The zero-order valence-corrected chi connectivity index (χ0v) is 25.4. The molecule has 0 N–H and O–H groups in total. The van der Waals surface area contributed by atoms with Crippen LogP contribution in [0.25, 0.3) is 6.08 Å². The topological polar surface area (TPSA) is 97.6 Å². The molecule has 1 aliphatic rings. The van der Waals surface area contributed by atoms with Crippen molar-refractivity contribution in [2.45, 2.75) is 46.8 Å². The van der Waals surface area contributed by atoms with Crippen molar-refractivity contribution in [1.82, 2.24) is 4.57 Å². The van der Waals surface area contributed by atoms with Gasteiger partial charge in [-0.05, 0) is 76.1 Å². The van der Waals surface area contributed by atoms with Gasteiger partial charge in [0.2, 0.25) is 0 Å². The number of carbonyl (C=O) groups excluding carboxylic acids is 1. The maximum atomic E-state index is 13.9. The van der Waals surface area contributed by atoms with E-state index in [4.69, 9.17) is 35.3 Å². The second-order valence-corrected chi connectivity index (χ2v) is 10.6. The molecule has 0 saturated carbocycles. The Bertz CT molecular complexity index is 1640. The minimum atomic E-state index is -0.792. The lowest BCUT2D eigenvalue weighted by Crippen LogP contribution is -2.39. The number of aromatic nitrogens is 1. The average molecular weight is 601 g/mol. The van der Waals surface area contributed by atoms with Crippen LogP contribution in [0.3, 0.4) is 0 Å². The maximum Gasteiger partial charge on any atom is 0.337 e. The number of nitrogens with zero attached hydrogens (tertiary/aromatic N) is 2. The molecule has 1 aliphatic heterocycles. The Labute approximate surface area is 247 Å². The Balaban J connectivity index is 1.88. The van der Waals surface area contributed by atoms with E-state index >= 15 is 0 Å². The number of rotatable bonds is 11. The summed E-state index contributed by atoms with van der Waals surface area (Å²) in [5.41, 5.74) is 1.20. The highest BCUT2D eigenvalue weighted by Crippen LogP contribution is 2.38. The number of fused-ring (bicyclic) bond motifs is 1. The molecule has 0 amide bonds. The molecule has 1 aromatic heterocycles. The molecule has 218 valence electrons. The third-order valence-corrected chi connectivity index (χ3v) is 7.27. The van der Waals surface area contributed by atoms with Crippen molar-refractivity contribution >= 4 is 35.0 Å². The van der Waals surface area contributed by atoms with Crippen LogP contribution in [0.2, 0.25) is 5.02 Å². The van der Waals surface area contributed by atoms with Crippen molar-refractivity contribution in [3.8, 4) is 23.0 Å². The second-order valence-electron chi connectivity index (χ2n) is 9.18. The number of hydrogen-bond donors (Lipinski definition) is 0. The van der Waals surface area contributed by atoms with E-state index in [9.17, 15) is 9.59 Å². The SMILES string of the molecule is CCOc1ccc([C@H]2C(C(=O)OC)=CN=c3s/c(=C/c4cc(Cl)c(OC(C)C)c(OCC)c4)c(=O)n32)cc1OCC. The number of esters is 1. The van der Waals surface area contributed by atoms with Gasteiger partial charge in [0, 0.05) is 6.20 Å². The molecule has 4 rings (SSSR count). The van der Waals surface area contributed by atoms with Gasteiger partial charge < -0.3 is 23.7 Å². The quantitative estimate of drug-likeness (QED) is 0.295. The number of ether oxygens (including phenoxy) is 5. The summed E-state index contributed by atoms with van der Waals surface area (Å²) in [6.07, 6.45) is 3.07. The van der Waals surface area contributed by atoms with Crippen LogP contribution in [0.5, 0.6) is 23.0 Å². The molecule has 0 spiro atoms. The molecule has 9 nitrogen and oxygen atoms in total. The van der Waals surface area contributed by atoms with Gasteiger partial charge in [0.05, 0.1) is 54.2 Å². The Hall–Kier alpha value is -3.76. The second kappa shape index (κ2) is 13.3. The molecule has 0 radical (unpaired) electrons. The largest absolute Gasteiger partial charge is 0.490 e. The number of hydrogen-bond acceptors (Lipinski definition) is 9. The Morgan fingerprint density at radius 3 is 2.39 bits per heavy atom. The predicted molar refractivity (Wildman–Crippen MR) is 158 cm³/mol. The molecule has 0 fully saturated rings. The highest BCUT2D eigenvalue weighted by molar-refractivity contribution is 7.07. The van der Waals surface area contributed by atoms with Crippen LogP contribution in [-0.2, 0) is 9.53 Å². The lowest BCUT2D eigenvalue weighted by molar-refractivity contribution is -0.136. The molecule has 0 saturated heterocycles. The summed E-state index contributed by atoms with van der Waals surface area (Å²) in [7, 11) is 1.29. The van der Waals surface area contributed by atoms with E-state index in [1.54, 1.807) is 36.4 Å². The van der Waals surface area contributed by atoms with Gasteiger partial charge in [0.25, 0.3) is 5.56 Å². The normalized spacial score (nSPS) is 14.7. The first-order valence-corrected chi connectivity index (χ1v) is 14.5. The van der Waals surface area contributed by atoms with Crippen LogP contribution in [0.15, 0.2) is 51.9 Å². The van der Waals surface area contributed by atoms with Gasteiger partial charge in [-0.1, -0.05) is 29.0 Å².